The van der Waals surface area contributed by atoms with E-state index in [0.29, 0.717) is 5.56 Å². The van der Waals surface area contributed by atoms with Crippen LogP contribution < -0.4 is 0 Å². The second-order valence-electron chi connectivity index (χ2n) is 6.19. The van der Waals surface area contributed by atoms with Crippen LogP contribution in [0.2, 0.25) is 0 Å². The summed E-state index contributed by atoms with van der Waals surface area (Å²) in [6, 6.07) is 17.1. The molecule has 0 saturated heterocycles. The zero-order valence-electron chi connectivity index (χ0n) is 14.9. The van der Waals surface area contributed by atoms with Crippen molar-refractivity contribution in [2.45, 2.75) is 19.5 Å². The van der Waals surface area contributed by atoms with Crippen molar-refractivity contribution < 1.29 is 22.0 Å². The van der Waals surface area contributed by atoms with Crippen LogP contribution >= 0.6 is 0 Å². The summed E-state index contributed by atoms with van der Waals surface area (Å²) in [6.07, 6.45) is -3.87. The van der Waals surface area contributed by atoms with Crippen LogP contribution in [0.25, 0.3) is 22.3 Å². The number of hydrogen-bond acceptors (Lipinski definition) is 0. The minimum Gasteiger partial charge on any atom is -0.205 e. The van der Waals surface area contributed by atoms with Gasteiger partial charge < -0.3 is 0 Å². The van der Waals surface area contributed by atoms with E-state index < -0.39 is 23.4 Å². The lowest BCUT2D eigenvalue weighted by atomic mass is 9.98. The van der Waals surface area contributed by atoms with E-state index in [1.807, 2.05) is 36.4 Å². The minimum absolute atomic E-state index is 0.223. The lowest BCUT2D eigenvalue weighted by Crippen LogP contribution is -2.02. The van der Waals surface area contributed by atoms with Gasteiger partial charge in [-0.15, -0.1) is 0 Å². The molecule has 28 heavy (non-hydrogen) atoms. The molecule has 3 aromatic carbocycles. The van der Waals surface area contributed by atoms with Crippen LogP contribution in [0.4, 0.5) is 22.0 Å². The summed E-state index contributed by atoms with van der Waals surface area (Å²) in [5.74, 6) is 0.131. The number of rotatable bonds is 3. The molecule has 0 aliphatic rings. The predicted molar refractivity (Wildman–Crippen MR) is 99.5 cm³/mol. The maximum Gasteiger partial charge on any atom is 0.458 e. The lowest BCUT2D eigenvalue weighted by Gasteiger charge is -2.07. The standard InChI is InChI=1S/C23H15F5/c1-2-15-3-5-16(6-4-15)17-7-9-18(10-8-17)19-13-21(24)20(22(25)14-19)11-12-23(26,27)28/h3-10,13-14H,2H2,1H3. The van der Waals surface area contributed by atoms with E-state index in [0.717, 1.165) is 35.6 Å². The maximum atomic E-state index is 14.1. The fourth-order valence-corrected chi connectivity index (χ4v) is 2.78. The average Bonchev–Trinajstić information content (AvgIpc) is 2.66. The van der Waals surface area contributed by atoms with Crippen LogP contribution in [0.3, 0.4) is 0 Å². The molecule has 142 valence electrons. The SMILES string of the molecule is CCc1ccc(-c2ccc(-c3cc(F)c(C#CC(F)(F)F)c(F)c3)cc2)cc1. The van der Waals surface area contributed by atoms with Gasteiger partial charge in [-0.2, -0.15) is 13.2 Å². The highest BCUT2D eigenvalue weighted by Crippen LogP contribution is 2.28. The number of benzene rings is 3. The number of alkyl halides is 3. The molecule has 0 heterocycles. The predicted octanol–water partition coefficient (Wildman–Crippen LogP) is 6.78. The normalized spacial score (nSPS) is 11.1. The zero-order chi connectivity index (χ0) is 20.3. The Hall–Kier alpha value is -3.13. The van der Waals surface area contributed by atoms with Crippen LogP contribution in [0.15, 0.2) is 60.7 Å². The summed E-state index contributed by atoms with van der Waals surface area (Å²) in [5.41, 5.74) is 3.05. The van der Waals surface area contributed by atoms with Gasteiger partial charge in [0.05, 0.1) is 5.56 Å². The fourth-order valence-electron chi connectivity index (χ4n) is 2.78. The third-order valence-electron chi connectivity index (χ3n) is 4.29. The fraction of sp³-hybridized carbons (Fsp3) is 0.130. The third kappa shape index (κ3) is 4.58. The summed E-state index contributed by atoms with van der Waals surface area (Å²) in [5, 5.41) is 0. The van der Waals surface area contributed by atoms with Crippen LogP contribution in [0.5, 0.6) is 0 Å². The molecular weight excluding hydrogens is 371 g/mol. The highest BCUT2D eigenvalue weighted by molar-refractivity contribution is 5.71. The molecule has 3 rings (SSSR count). The second-order valence-corrected chi connectivity index (χ2v) is 6.19. The van der Waals surface area contributed by atoms with Gasteiger partial charge in [-0.3, -0.25) is 0 Å². The Kier molecular flexibility index (Phi) is 5.51. The summed E-state index contributed by atoms with van der Waals surface area (Å²) in [7, 11) is 0. The van der Waals surface area contributed by atoms with Gasteiger partial charge in [0.1, 0.15) is 11.6 Å². The van der Waals surface area contributed by atoms with Crippen molar-refractivity contribution in [2.75, 3.05) is 0 Å². The first kappa shape index (κ1) is 19.6. The zero-order valence-corrected chi connectivity index (χ0v) is 14.9. The van der Waals surface area contributed by atoms with E-state index in [1.54, 1.807) is 12.1 Å². The van der Waals surface area contributed by atoms with Gasteiger partial charge >= 0.3 is 6.18 Å². The molecule has 0 amide bonds. The molecule has 0 spiro atoms. The molecule has 0 saturated carbocycles. The highest BCUT2D eigenvalue weighted by atomic mass is 19.4. The largest absolute Gasteiger partial charge is 0.458 e. The van der Waals surface area contributed by atoms with Gasteiger partial charge in [0, 0.05) is 5.92 Å². The van der Waals surface area contributed by atoms with Crippen molar-refractivity contribution in [1.29, 1.82) is 0 Å². The molecule has 0 bridgehead atoms. The minimum atomic E-state index is -4.82. The molecule has 0 atom stereocenters. The Labute approximate surface area is 159 Å². The van der Waals surface area contributed by atoms with Crippen LogP contribution in [0.1, 0.15) is 18.1 Å². The van der Waals surface area contributed by atoms with Crippen molar-refractivity contribution in [3.8, 4) is 34.1 Å². The molecule has 5 heteroatoms. The van der Waals surface area contributed by atoms with Gasteiger partial charge in [-0.05, 0) is 46.4 Å². The Morgan fingerprint density at radius 3 is 1.57 bits per heavy atom. The van der Waals surface area contributed by atoms with Crippen molar-refractivity contribution in [1.82, 2.24) is 0 Å². The van der Waals surface area contributed by atoms with E-state index in [9.17, 15) is 22.0 Å². The summed E-state index contributed by atoms with van der Waals surface area (Å²) in [6.45, 7) is 2.07. The first-order valence-electron chi connectivity index (χ1n) is 8.55. The summed E-state index contributed by atoms with van der Waals surface area (Å²) < 4.78 is 64.6. The van der Waals surface area contributed by atoms with Crippen molar-refractivity contribution in [3.05, 3.63) is 83.4 Å². The number of aryl methyl sites for hydroxylation is 1. The quantitative estimate of drug-likeness (QED) is 0.344. The number of halogens is 5. The molecule has 0 aromatic heterocycles. The number of hydrogen-bond donors (Lipinski definition) is 0. The van der Waals surface area contributed by atoms with E-state index in [1.165, 1.54) is 11.5 Å². The highest BCUT2D eigenvalue weighted by Gasteiger charge is 2.23. The summed E-state index contributed by atoms with van der Waals surface area (Å²) in [4.78, 5) is 0. The van der Waals surface area contributed by atoms with Gasteiger partial charge in [0.2, 0.25) is 0 Å². The summed E-state index contributed by atoms with van der Waals surface area (Å²) >= 11 is 0. The first-order chi connectivity index (χ1) is 13.3. The monoisotopic (exact) mass is 386 g/mol. The van der Waals surface area contributed by atoms with Gasteiger partial charge in [0.25, 0.3) is 0 Å². The van der Waals surface area contributed by atoms with E-state index in [-0.39, 0.29) is 5.56 Å². The van der Waals surface area contributed by atoms with Crippen LogP contribution in [-0.4, -0.2) is 6.18 Å². The van der Waals surface area contributed by atoms with E-state index >= 15 is 0 Å². The molecule has 0 nitrogen and oxygen atoms in total. The van der Waals surface area contributed by atoms with Gasteiger partial charge in [-0.25, -0.2) is 8.78 Å². The van der Waals surface area contributed by atoms with E-state index in [2.05, 4.69) is 6.92 Å². The molecule has 0 unspecified atom stereocenters. The molecular formula is C23H15F5. The van der Waals surface area contributed by atoms with Crippen LogP contribution in [-0.2, 0) is 6.42 Å². The molecule has 0 aliphatic carbocycles. The molecule has 0 aliphatic heterocycles. The molecule has 0 N–H and O–H groups in total. The van der Waals surface area contributed by atoms with Crippen molar-refractivity contribution in [3.63, 3.8) is 0 Å². The second kappa shape index (κ2) is 7.85. The lowest BCUT2D eigenvalue weighted by molar-refractivity contribution is -0.0696. The van der Waals surface area contributed by atoms with E-state index in [4.69, 9.17) is 0 Å². The molecule has 0 fully saturated rings. The Balaban J connectivity index is 1.90. The maximum absolute atomic E-state index is 14.1. The smallest absolute Gasteiger partial charge is 0.205 e. The molecule has 3 aromatic rings. The Morgan fingerprint density at radius 2 is 1.14 bits per heavy atom. The average molecular weight is 386 g/mol. The van der Waals surface area contributed by atoms with Crippen molar-refractivity contribution in [2.24, 2.45) is 0 Å². The Morgan fingerprint density at radius 1 is 0.714 bits per heavy atom. The van der Waals surface area contributed by atoms with Crippen molar-refractivity contribution >= 4 is 0 Å². The van der Waals surface area contributed by atoms with Gasteiger partial charge in [-0.1, -0.05) is 61.4 Å². The first-order valence-corrected chi connectivity index (χ1v) is 8.55. The molecule has 0 radical (unpaired) electrons. The van der Waals surface area contributed by atoms with Gasteiger partial charge in [0.15, 0.2) is 0 Å². The topological polar surface area (TPSA) is 0 Å². The third-order valence-corrected chi connectivity index (χ3v) is 4.29. The Bertz CT molecular complexity index is 1010. The van der Waals surface area contributed by atoms with Crippen LogP contribution in [0, 0.1) is 23.5 Å².